The minimum Gasteiger partial charge on any atom is -0.457 e. The van der Waals surface area contributed by atoms with Gasteiger partial charge in [0.2, 0.25) is 0 Å². The summed E-state index contributed by atoms with van der Waals surface area (Å²) in [6.45, 7) is 4.64. The van der Waals surface area contributed by atoms with Crippen molar-refractivity contribution in [3.63, 3.8) is 0 Å². The number of esters is 1. The first-order chi connectivity index (χ1) is 30.4. The Morgan fingerprint density at radius 2 is 0.790 bits per heavy atom. The third kappa shape index (κ3) is 35.5. The maximum atomic E-state index is 12.9. The van der Waals surface area contributed by atoms with Gasteiger partial charge in [0.05, 0.1) is 19.8 Å². The van der Waals surface area contributed by atoms with Crippen molar-refractivity contribution in [1.82, 2.24) is 0 Å². The summed E-state index contributed by atoms with van der Waals surface area (Å²) in [6.07, 6.45) is 44.3. The Kier molecular flexibility index (Phi) is 43.3. The molecule has 0 saturated carbocycles. The highest BCUT2D eigenvalue weighted by Gasteiger charge is 2.44. The van der Waals surface area contributed by atoms with Gasteiger partial charge in [-0.2, -0.15) is 0 Å². The molecule has 6 unspecified atom stereocenters. The summed E-state index contributed by atoms with van der Waals surface area (Å²) in [5.74, 6) is -0.304. The van der Waals surface area contributed by atoms with Crippen molar-refractivity contribution in [1.29, 1.82) is 0 Å². The third-order valence-corrected chi connectivity index (χ3v) is 13.0. The summed E-state index contributed by atoms with van der Waals surface area (Å²) in [4.78, 5) is 12.9. The van der Waals surface area contributed by atoms with Crippen LogP contribution in [0.5, 0.6) is 0 Å². The second-order valence-electron chi connectivity index (χ2n) is 19.0. The number of hydrogen-bond donors (Lipinski definition) is 4. The van der Waals surface area contributed by atoms with Gasteiger partial charge in [0.25, 0.3) is 0 Å². The van der Waals surface area contributed by atoms with E-state index in [2.05, 4.69) is 13.8 Å². The van der Waals surface area contributed by atoms with Gasteiger partial charge < -0.3 is 39.4 Å². The molecule has 0 aromatic carbocycles. The Morgan fingerprint density at radius 1 is 0.452 bits per heavy atom. The standard InChI is InChI=1S/C53H104O9/c1-3-5-7-9-11-13-15-17-19-21-22-23-24-25-26-28-30-32-34-36-38-40-42-49(55)61-47(46-60-53-52(58)51(57)50(56)48(44-54)62-53)45-59-43-41-39-37-35-33-31-29-27-20-18-16-14-12-10-8-6-4-2/h47-48,50-54,56-58H,3-46H2,1-2H3. The fraction of sp³-hybridized carbons (Fsp3) is 0.981. The SMILES string of the molecule is CCCCCCCCCCCCCCCCCCCCCCCCC(=O)OC(COCCCCCCCCCCCCCCCCCCC)COC1OC(CO)C(O)C(O)C1O. The molecule has 1 fully saturated rings. The van der Waals surface area contributed by atoms with E-state index in [9.17, 15) is 25.2 Å². The number of aliphatic hydroxyl groups excluding tert-OH is 4. The highest BCUT2D eigenvalue weighted by atomic mass is 16.7. The minimum absolute atomic E-state index is 0.104. The molecule has 6 atom stereocenters. The lowest BCUT2D eigenvalue weighted by molar-refractivity contribution is -0.305. The van der Waals surface area contributed by atoms with Gasteiger partial charge in [-0.1, -0.05) is 251 Å². The zero-order valence-electron chi connectivity index (χ0n) is 40.9. The summed E-state index contributed by atoms with van der Waals surface area (Å²) in [7, 11) is 0. The summed E-state index contributed by atoms with van der Waals surface area (Å²) in [5, 5.41) is 40.3. The molecule has 0 radical (unpaired) electrons. The molecular formula is C53H104O9. The number of aliphatic hydroxyl groups is 4. The van der Waals surface area contributed by atoms with Crippen molar-refractivity contribution >= 4 is 5.97 Å². The van der Waals surface area contributed by atoms with Crippen LogP contribution < -0.4 is 0 Å². The second kappa shape index (κ2) is 45.4. The van der Waals surface area contributed by atoms with E-state index in [0.717, 1.165) is 32.1 Å². The van der Waals surface area contributed by atoms with Gasteiger partial charge in [-0.25, -0.2) is 0 Å². The van der Waals surface area contributed by atoms with Crippen LogP contribution in [0.2, 0.25) is 0 Å². The topological polar surface area (TPSA) is 135 Å². The molecule has 1 saturated heterocycles. The normalized spacial score (nSPS) is 19.6. The van der Waals surface area contributed by atoms with Crippen LogP contribution in [0.15, 0.2) is 0 Å². The van der Waals surface area contributed by atoms with Crippen molar-refractivity contribution in [2.45, 2.75) is 307 Å². The van der Waals surface area contributed by atoms with Crippen LogP contribution in [0.3, 0.4) is 0 Å². The van der Waals surface area contributed by atoms with E-state index in [1.807, 2.05) is 0 Å². The van der Waals surface area contributed by atoms with E-state index >= 15 is 0 Å². The Balaban J connectivity index is 2.15. The van der Waals surface area contributed by atoms with Gasteiger partial charge in [0.15, 0.2) is 6.29 Å². The molecule has 9 nitrogen and oxygen atoms in total. The molecule has 1 aliphatic heterocycles. The Labute approximate surface area is 383 Å². The predicted molar refractivity (Wildman–Crippen MR) is 256 cm³/mol. The van der Waals surface area contributed by atoms with Gasteiger partial charge in [0.1, 0.15) is 30.5 Å². The lowest BCUT2D eigenvalue weighted by atomic mass is 9.99. The number of carbonyl (C=O) groups is 1. The number of ether oxygens (including phenoxy) is 4. The van der Waals surface area contributed by atoms with E-state index in [-0.39, 0.29) is 19.2 Å². The van der Waals surface area contributed by atoms with E-state index < -0.39 is 43.4 Å². The van der Waals surface area contributed by atoms with Gasteiger partial charge in [-0.15, -0.1) is 0 Å². The number of unbranched alkanes of at least 4 members (excludes halogenated alkanes) is 37. The summed E-state index contributed by atoms with van der Waals surface area (Å²) in [6, 6.07) is 0. The lowest BCUT2D eigenvalue weighted by Crippen LogP contribution is -2.59. The minimum atomic E-state index is -1.53. The van der Waals surface area contributed by atoms with Crippen molar-refractivity contribution in [2.75, 3.05) is 26.4 Å². The molecule has 370 valence electrons. The largest absolute Gasteiger partial charge is 0.457 e. The molecule has 9 heteroatoms. The van der Waals surface area contributed by atoms with E-state index in [4.69, 9.17) is 18.9 Å². The number of rotatable bonds is 48. The molecule has 0 aromatic rings. The zero-order valence-corrected chi connectivity index (χ0v) is 40.9. The quantitative estimate of drug-likeness (QED) is 0.0348. The molecule has 4 N–H and O–H groups in total. The highest BCUT2D eigenvalue weighted by molar-refractivity contribution is 5.69. The lowest BCUT2D eigenvalue weighted by Gasteiger charge is -2.39. The van der Waals surface area contributed by atoms with Crippen molar-refractivity contribution < 1.29 is 44.2 Å². The first-order valence-electron chi connectivity index (χ1n) is 27.1. The van der Waals surface area contributed by atoms with Crippen molar-refractivity contribution in [3.8, 4) is 0 Å². The van der Waals surface area contributed by atoms with E-state index in [0.29, 0.717) is 13.0 Å². The van der Waals surface area contributed by atoms with Gasteiger partial charge in [-0.05, 0) is 12.8 Å². The van der Waals surface area contributed by atoms with Crippen LogP contribution in [0, 0.1) is 0 Å². The Morgan fingerprint density at radius 3 is 1.15 bits per heavy atom. The Bertz CT molecular complexity index is 920. The highest BCUT2D eigenvalue weighted by Crippen LogP contribution is 2.23. The molecule has 1 heterocycles. The fourth-order valence-electron chi connectivity index (χ4n) is 8.79. The van der Waals surface area contributed by atoms with Crippen LogP contribution in [0.4, 0.5) is 0 Å². The van der Waals surface area contributed by atoms with Crippen LogP contribution in [-0.4, -0.2) is 89.6 Å². The van der Waals surface area contributed by atoms with E-state index in [1.54, 1.807) is 0 Å². The van der Waals surface area contributed by atoms with Gasteiger partial charge >= 0.3 is 5.97 Å². The average molecular weight is 885 g/mol. The van der Waals surface area contributed by atoms with Gasteiger partial charge in [0, 0.05) is 13.0 Å². The van der Waals surface area contributed by atoms with Crippen molar-refractivity contribution in [3.05, 3.63) is 0 Å². The summed E-state index contributed by atoms with van der Waals surface area (Å²) in [5.41, 5.74) is 0. The number of hydrogen-bond acceptors (Lipinski definition) is 9. The molecule has 0 amide bonds. The molecular weight excluding hydrogens is 781 g/mol. The third-order valence-electron chi connectivity index (χ3n) is 13.0. The molecule has 62 heavy (non-hydrogen) atoms. The van der Waals surface area contributed by atoms with Crippen LogP contribution in [0.25, 0.3) is 0 Å². The van der Waals surface area contributed by atoms with Crippen molar-refractivity contribution in [2.24, 2.45) is 0 Å². The predicted octanol–water partition coefficient (Wildman–Crippen LogP) is 13.4. The maximum absolute atomic E-state index is 12.9. The second-order valence-corrected chi connectivity index (χ2v) is 19.0. The van der Waals surface area contributed by atoms with Crippen LogP contribution >= 0.6 is 0 Å². The van der Waals surface area contributed by atoms with Crippen LogP contribution in [0.1, 0.15) is 271 Å². The fourth-order valence-corrected chi connectivity index (χ4v) is 8.79. The van der Waals surface area contributed by atoms with Gasteiger partial charge in [-0.3, -0.25) is 4.79 Å². The smallest absolute Gasteiger partial charge is 0.306 e. The maximum Gasteiger partial charge on any atom is 0.306 e. The summed E-state index contributed by atoms with van der Waals surface area (Å²) >= 11 is 0. The molecule has 1 aliphatic rings. The molecule has 1 rings (SSSR count). The average Bonchev–Trinajstić information content (AvgIpc) is 3.27. The molecule has 0 aromatic heterocycles. The first-order valence-corrected chi connectivity index (χ1v) is 27.1. The molecule has 0 bridgehead atoms. The zero-order chi connectivity index (χ0) is 45.0. The number of carbonyl (C=O) groups excluding carboxylic acids is 1. The molecule has 0 aliphatic carbocycles. The van der Waals surface area contributed by atoms with Crippen LogP contribution in [-0.2, 0) is 23.7 Å². The Hall–Kier alpha value is -0.810. The monoisotopic (exact) mass is 885 g/mol. The summed E-state index contributed by atoms with van der Waals surface area (Å²) < 4.78 is 22.9. The first kappa shape index (κ1) is 59.2. The van der Waals surface area contributed by atoms with E-state index in [1.165, 1.54) is 218 Å². The molecule has 0 spiro atoms.